The number of hydrogen-bond donors (Lipinski definition) is 2. The van der Waals surface area contributed by atoms with E-state index in [0.29, 0.717) is 12.1 Å². The lowest BCUT2D eigenvalue weighted by molar-refractivity contribution is -0.116. The van der Waals surface area contributed by atoms with Gasteiger partial charge in [0.15, 0.2) is 0 Å². The van der Waals surface area contributed by atoms with Crippen LogP contribution in [0.3, 0.4) is 0 Å². The molecule has 0 atom stereocenters. The molecule has 174 valence electrons. The molecule has 0 bridgehead atoms. The molecule has 0 aliphatic heterocycles. The topological polar surface area (TPSA) is 75.6 Å². The van der Waals surface area contributed by atoms with E-state index in [1.807, 2.05) is 0 Å². The smallest absolute Gasteiger partial charge is 0.341 e. The summed E-state index contributed by atoms with van der Waals surface area (Å²) in [6.07, 6.45) is 21.0. The van der Waals surface area contributed by atoms with Gasteiger partial charge in [-0.15, -0.1) is 0 Å². The summed E-state index contributed by atoms with van der Waals surface area (Å²) >= 11 is 0. The Morgan fingerprint density at radius 1 is 0.903 bits per heavy atom. The maximum absolute atomic E-state index is 12.1. The quantitative estimate of drug-likeness (QED) is 0.119. The van der Waals surface area contributed by atoms with Gasteiger partial charge in [0.05, 0.1) is 7.11 Å². The number of nitrogens with one attached hydrogen (secondary N) is 1. The van der Waals surface area contributed by atoms with Crippen LogP contribution in [0.25, 0.3) is 0 Å². The van der Waals surface area contributed by atoms with Crippen LogP contribution in [0.5, 0.6) is 5.75 Å². The van der Waals surface area contributed by atoms with Crippen LogP contribution in [0, 0.1) is 0 Å². The highest BCUT2D eigenvalue weighted by atomic mass is 16.5. The first-order valence-electron chi connectivity index (χ1n) is 11.9. The van der Waals surface area contributed by atoms with Crippen LogP contribution in [0.4, 0.5) is 5.69 Å². The lowest BCUT2D eigenvalue weighted by atomic mass is 10.1. The third-order valence-corrected chi connectivity index (χ3v) is 5.35. The zero-order valence-corrected chi connectivity index (χ0v) is 19.5. The number of hydrogen-bond acceptors (Lipinski definition) is 4. The first kappa shape index (κ1) is 26.7. The molecule has 0 spiro atoms. The summed E-state index contributed by atoms with van der Waals surface area (Å²) in [5.41, 5.74) is 0.525. The summed E-state index contributed by atoms with van der Waals surface area (Å²) in [7, 11) is 1.25. The van der Waals surface area contributed by atoms with E-state index in [4.69, 9.17) is 0 Å². The van der Waals surface area contributed by atoms with Crippen LogP contribution >= 0.6 is 0 Å². The fraction of sp³-hybridized carbons (Fsp3) is 0.615. The second kappa shape index (κ2) is 17.4. The summed E-state index contributed by atoms with van der Waals surface area (Å²) in [5.74, 6) is -0.882. The van der Waals surface area contributed by atoms with Crippen molar-refractivity contribution in [3.8, 4) is 5.75 Å². The largest absolute Gasteiger partial charge is 0.507 e. The third-order valence-electron chi connectivity index (χ3n) is 5.35. The zero-order valence-electron chi connectivity index (χ0n) is 19.5. The predicted molar refractivity (Wildman–Crippen MR) is 128 cm³/mol. The van der Waals surface area contributed by atoms with Crippen molar-refractivity contribution >= 4 is 17.6 Å². The second-order valence-electron chi connectivity index (χ2n) is 8.11. The highest BCUT2D eigenvalue weighted by molar-refractivity contribution is 5.96. The number of aromatic hydroxyl groups is 1. The number of anilines is 1. The standard InChI is InChI=1S/C26H41NO4/c1-3-4-5-6-7-8-9-10-11-12-13-14-15-16-17-18-25(29)27-22-19-20-24(28)23(21-22)26(30)31-2/h10-11,19-21,28H,3-9,12-18H2,1-2H3,(H,27,29)/b11-10-. The van der Waals surface area contributed by atoms with Crippen molar-refractivity contribution in [1.29, 1.82) is 0 Å². The summed E-state index contributed by atoms with van der Waals surface area (Å²) in [5, 5.41) is 12.5. The fourth-order valence-electron chi connectivity index (χ4n) is 3.47. The number of rotatable bonds is 17. The maximum Gasteiger partial charge on any atom is 0.341 e. The molecule has 31 heavy (non-hydrogen) atoms. The summed E-state index contributed by atoms with van der Waals surface area (Å²) in [6, 6.07) is 4.38. The van der Waals surface area contributed by atoms with Gasteiger partial charge in [-0.3, -0.25) is 4.79 Å². The molecule has 0 saturated heterocycles. The van der Waals surface area contributed by atoms with E-state index in [0.717, 1.165) is 25.7 Å². The number of carbonyl (C=O) groups is 2. The second-order valence-corrected chi connectivity index (χ2v) is 8.11. The Labute approximate surface area is 188 Å². The summed E-state index contributed by atoms with van der Waals surface area (Å²) < 4.78 is 4.62. The number of phenols is 1. The molecule has 0 unspecified atom stereocenters. The molecule has 1 rings (SSSR count). The monoisotopic (exact) mass is 431 g/mol. The van der Waals surface area contributed by atoms with Crippen LogP contribution in [0.1, 0.15) is 107 Å². The van der Waals surface area contributed by atoms with Crippen molar-refractivity contribution < 1.29 is 19.4 Å². The SMILES string of the molecule is CCCCCCCC/C=C\CCCCCCCC(=O)Nc1ccc(O)c(C(=O)OC)c1. The van der Waals surface area contributed by atoms with Crippen molar-refractivity contribution in [3.63, 3.8) is 0 Å². The Balaban J connectivity index is 2.04. The Morgan fingerprint density at radius 3 is 2.10 bits per heavy atom. The van der Waals surface area contributed by atoms with E-state index in [-0.39, 0.29) is 17.2 Å². The number of carbonyl (C=O) groups excluding carboxylic acids is 2. The lowest BCUT2D eigenvalue weighted by Gasteiger charge is -2.08. The van der Waals surface area contributed by atoms with Gasteiger partial charge >= 0.3 is 5.97 Å². The molecular formula is C26H41NO4. The average Bonchev–Trinajstić information content (AvgIpc) is 2.77. The van der Waals surface area contributed by atoms with Crippen molar-refractivity contribution in [2.24, 2.45) is 0 Å². The number of allylic oxidation sites excluding steroid dienone is 2. The minimum atomic E-state index is -0.633. The van der Waals surface area contributed by atoms with Crippen molar-refractivity contribution in [2.45, 2.75) is 96.8 Å². The lowest BCUT2D eigenvalue weighted by Crippen LogP contribution is -2.12. The van der Waals surface area contributed by atoms with E-state index in [9.17, 15) is 14.7 Å². The Hall–Kier alpha value is -2.30. The Bertz CT molecular complexity index is 669. The van der Waals surface area contributed by atoms with Crippen molar-refractivity contribution in [1.82, 2.24) is 0 Å². The number of esters is 1. The first-order valence-corrected chi connectivity index (χ1v) is 11.9. The summed E-state index contributed by atoms with van der Waals surface area (Å²) in [4.78, 5) is 23.7. The van der Waals surface area contributed by atoms with Gasteiger partial charge in [-0.1, -0.05) is 70.4 Å². The van der Waals surface area contributed by atoms with Crippen molar-refractivity contribution in [3.05, 3.63) is 35.9 Å². The number of ether oxygens (including phenoxy) is 1. The molecule has 1 amide bonds. The van der Waals surface area contributed by atoms with E-state index in [2.05, 4.69) is 29.1 Å². The molecule has 0 fully saturated rings. The van der Waals surface area contributed by atoms with Gasteiger partial charge in [0.2, 0.25) is 5.91 Å². The number of amides is 1. The maximum atomic E-state index is 12.1. The normalized spacial score (nSPS) is 11.0. The Kier molecular flexibility index (Phi) is 15.0. The van der Waals surface area contributed by atoms with Crippen LogP contribution in [0.15, 0.2) is 30.4 Å². The van der Waals surface area contributed by atoms with Crippen molar-refractivity contribution in [2.75, 3.05) is 12.4 Å². The minimum Gasteiger partial charge on any atom is -0.507 e. The zero-order chi connectivity index (χ0) is 22.7. The summed E-state index contributed by atoms with van der Waals surface area (Å²) in [6.45, 7) is 2.25. The minimum absolute atomic E-state index is 0.0429. The predicted octanol–water partition coefficient (Wildman–Crippen LogP) is 7.15. The highest BCUT2D eigenvalue weighted by Gasteiger charge is 2.13. The van der Waals surface area contributed by atoms with Gasteiger partial charge in [0, 0.05) is 12.1 Å². The van der Waals surface area contributed by atoms with Gasteiger partial charge in [-0.2, -0.15) is 0 Å². The fourth-order valence-corrected chi connectivity index (χ4v) is 3.47. The van der Waals surface area contributed by atoms with Gasteiger partial charge < -0.3 is 15.2 Å². The molecule has 5 nitrogen and oxygen atoms in total. The number of unbranched alkanes of at least 4 members (excludes halogenated alkanes) is 11. The van der Waals surface area contributed by atoms with E-state index < -0.39 is 5.97 Å². The van der Waals surface area contributed by atoms with Gasteiger partial charge in [-0.05, 0) is 50.3 Å². The Morgan fingerprint density at radius 2 is 1.48 bits per heavy atom. The number of methoxy groups -OCH3 is 1. The number of phenolic OH excluding ortho intramolecular Hbond substituents is 1. The highest BCUT2D eigenvalue weighted by Crippen LogP contribution is 2.22. The number of benzene rings is 1. The van der Waals surface area contributed by atoms with E-state index >= 15 is 0 Å². The molecule has 0 aliphatic carbocycles. The molecule has 0 heterocycles. The van der Waals surface area contributed by atoms with Crippen LogP contribution < -0.4 is 5.32 Å². The third kappa shape index (κ3) is 12.9. The molecule has 5 heteroatoms. The van der Waals surface area contributed by atoms with Gasteiger partial charge in [-0.25, -0.2) is 4.79 Å². The molecule has 1 aromatic rings. The van der Waals surface area contributed by atoms with Crippen LogP contribution in [-0.4, -0.2) is 24.1 Å². The van der Waals surface area contributed by atoms with E-state index in [1.165, 1.54) is 77.0 Å². The van der Waals surface area contributed by atoms with Crippen LogP contribution in [-0.2, 0) is 9.53 Å². The molecule has 1 aromatic carbocycles. The average molecular weight is 432 g/mol. The molecule has 0 saturated carbocycles. The van der Waals surface area contributed by atoms with E-state index in [1.54, 1.807) is 6.07 Å². The van der Waals surface area contributed by atoms with Gasteiger partial charge in [0.25, 0.3) is 0 Å². The molecule has 0 aromatic heterocycles. The van der Waals surface area contributed by atoms with Crippen LogP contribution in [0.2, 0.25) is 0 Å². The molecule has 2 N–H and O–H groups in total. The first-order chi connectivity index (χ1) is 15.1. The molecular weight excluding hydrogens is 390 g/mol. The van der Waals surface area contributed by atoms with Gasteiger partial charge in [0.1, 0.15) is 11.3 Å². The molecule has 0 radical (unpaired) electrons. The molecule has 0 aliphatic rings.